The number of ether oxygens (including phenoxy) is 1. The van der Waals surface area contributed by atoms with Crippen LogP contribution in [0, 0.1) is 0 Å². The van der Waals surface area contributed by atoms with Gasteiger partial charge in [-0.15, -0.1) is 0 Å². The number of pyridine rings is 1. The molecule has 168 valence electrons. The van der Waals surface area contributed by atoms with Crippen LogP contribution in [0.25, 0.3) is 11.1 Å². The fourth-order valence-corrected chi connectivity index (χ4v) is 4.07. The summed E-state index contributed by atoms with van der Waals surface area (Å²) in [7, 11) is 0. The molecule has 2 N–H and O–H groups in total. The van der Waals surface area contributed by atoms with Gasteiger partial charge in [0.2, 0.25) is 0 Å². The van der Waals surface area contributed by atoms with Crippen LogP contribution in [-0.4, -0.2) is 23.0 Å². The Kier molecular flexibility index (Phi) is 6.37. The summed E-state index contributed by atoms with van der Waals surface area (Å²) in [5, 5.41) is 0. The van der Waals surface area contributed by atoms with E-state index in [4.69, 9.17) is 10.5 Å². The molecule has 1 unspecified atom stereocenters. The van der Waals surface area contributed by atoms with Crippen LogP contribution in [0.4, 0.5) is 19.0 Å². The van der Waals surface area contributed by atoms with Crippen LogP contribution in [0.15, 0.2) is 60.8 Å². The number of likely N-dealkylation sites (tertiary alicyclic amines) is 1. The first-order valence-corrected chi connectivity index (χ1v) is 10.7. The Morgan fingerprint density at radius 1 is 1.03 bits per heavy atom. The van der Waals surface area contributed by atoms with Crippen molar-refractivity contribution in [1.82, 2.24) is 9.88 Å². The smallest absolute Gasteiger partial charge is 0.416 e. The lowest BCUT2D eigenvalue weighted by Gasteiger charge is -2.20. The third-order valence-electron chi connectivity index (χ3n) is 5.78. The summed E-state index contributed by atoms with van der Waals surface area (Å²) in [6, 6.07) is 15.3. The molecule has 0 aliphatic carbocycles. The molecule has 7 heteroatoms. The molecule has 2 heterocycles. The van der Waals surface area contributed by atoms with Crippen molar-refractivity contribution in [3.8, 4) is 16.9 Å². The second-order valence-corrected chi connectivity index (χ2v) is 8.13. The lowest BCUT2D eigenvalue weighted by molar-refractivity contribution is -0.138. The van der Waals surface area contributed by atoms with Gasteiger partial charge in [-0.25, -0.2) is 4.98 Å². The zero-order valence-corrected chi connectivity index (χ0v) is 17.9. The first kappa shape index (κ1) is 22.1. The Morgan fingerprint density at radius 2 is 1.72 bits per heavy atom. The van der Waals surface area contributed by atoms with E-state index < -0.39 is 17.8 Å². The summed E-state index contributed by atoms with van der Waals surface area (Å²) in [6.07, 6.45) is -1.16. The number of anilines is 1. The van der Waals surface area contributed by atoms with Crippen molar-refractivity contribution in [2.45, 2.75) is 38.6 Å². The molecule has 1 saturated heterocycles. The molecule has 2 aromatic carbocycles. The molecular weight excluding hydrogens is 415 g/mol. The maximum Gasteiger partial charge on any atom is 0.416 e. The Morgan fingerprint density at radius 3 is 2.41 bits per heavy atom. The fraction of sp³-hybridized carbons (Fsp3) is 0.320. The number of benzene rings is 2. The lowest BCUT2D eigenvalue weighted by Crippen LogP contribution is -2.18. The molecule has 0 radical (unpaired) electrons. The highest BCUT2D eigenvalue weighted by atomic mass is 19.4. The van der Waals surface area contributed by atoms with Crippen molar-refractivity contribution in [2.75, 3.05) is 18.8 Å². The van der Waals surface area contributed by atoms with Gasteiger partial charge >= 0.3 is 6.18 Å². The average molecular weight is 441 g/mol. The van der Waals surface area contributed by atoms with E-state index in [9.17, 15) is 13.2 Å². The third-order valence-corrected chi connectivity index (χ3v) is 5.78. The first-order valence-electron chi connectivity index (χ1n) is 10.7. The van der Waals surface area contributed by atoms with E-state index in [1.165, 1.54) is 30.5 Å². The molecule has 32 heavy (non-hydrogen) atoms. The number of nitrogen functional groups attached to an aromatic ring is 1. The summed E-state index contributed by atoms with van der Waals surface area (Å²) in [5.74, 6) is 0.392. The lowest BCUT2D eigenvalue weighted by atomic mass is 10.0. The van der Waals surface area contributed by atoms with Gasteiger partial charge in [-0.1, -0.05) is 42.5 Å². The van der Waals surface area contributed by atoms with Crippen LogP contribution in [-0.2, 0) is 12.7 Å². The summed E-state index contributed by atoms with van der Waals surface area (Å²) in [4.78, 5) is 6.64. The highest BCUT2D eigenvalue weighted by Gasteiger charge is 2.34. The number of nitrogens with zero attached hydrogens (tertiary/aromatic N) is 2. The number of hydrogen-bond acceptors (Lipinski definition) is 4. The van der Waals surface area contributed by atoms with Crippen molar-refractivity contribution in [2.24, 2.45) is 0 Å². The predicted octanol–water partition coefficient (Wildman–Crippen LogP) is 6.09. The van der Waals surface area contributed by atoms with Gasteiger partial charge in [0.15, 0.2) is 11.6 Å². The van der Waals surface area contributed by atoms with E-state index in [0.29, 0.717) is 0 Å². The van der Waals surface area contributed by atoms with Gasteiger partial charge in [0.1, 0.15) is 6.10 Å². The zero-order valence-electron chi connectivity index (χ0n) is 17.9. The maximum atomic E-state index is 13.4. The number of halogens is 3. The molecule has 1 fully saturated rings. The van der Waals surface area contributed by atoms with Gasteiger partial charge in [0.25, 0.3) is 0 Å². The fourth-order valence-electron chi connectivity index (χ4n) is 4.07. The average Bonchev–Trinajstić information content (AvgIpc) is 3.28. The molecule has 4 nitrogen and oxygen atoms in total. The minimum absolute atomic E-state index is 0.0519. The SMILES string of the molecule is CC(Oc1cc(-c2ccc(CN3CCCC3)cc2)cnc1N)c1ccccc1C(F)(F)F. The molecular formula is C25H26F3N3O. The molecule has 1 aromatic heterocycles. The molecule has 0 saturated carbocycles. The molecule has 0 bridgehead atoms. The number of hydrogen-bond donors (Lipinski definition) is 1. The van der Waals surface area contributed by atoms with E-state index in [1.807, 2.05) is 12.1 Å². The summed E-state index contributed by atoms with van der Waals surface area (Å²) in [5.41, 5.74) is 8.28. The minimum Gasteiger partial charge on any atom is -0.482 e. The van der Waals surface area contributed by atoms with E-state index in [2.05, 4.69) is 22.0 Å². The monoisotopic (exact) mass is 441 g/mol. The molecule has 1 aliphatic heterocycles. The van der Waals surface area contributed by atoms with E-state index in [0.717, 1.165) is 36.8 Å². The Balaban J connectivity index is 1.53. The predicted molar refractivity (Wildman–Crippen MR) is 119 cm³/mol. The van der Waals surface area contributed by atoms with Crippen molar-refractivity contribution in [3.05, 3.63) is 77.5 Å². The topological polar surface area (TPSA) is 51.4 Å². The van der Waals surface area contributed by atoms with Gasteiger partial charge in [-0.2, -0.15) is 13.2 Å². The zero-order chi connectivity index (χ0) is 22.7. The van der Waals surface area contributed by atoms with Gasteiger partial charge in [-0.3, -0.25) is 4.90 Å². The van der Waals surface area contributed by atoms with Crippen LogP contribution < -0.4 is 10.5 Å². The summed E-state index contributed by atoms with van der Waals surface area (Å²) >= 11 is 0. The summed E-state index contributed by atoms with van der Waals surface area (Å²) in [6.45, 7) is 4.79. The Labute approximate surface area is 185 Å². The third kappa shape index (κ3) is 5.05. The molecule has 0 amide bonds. The Hall–Kier alpha value is -3.06. The second-order valence-electron chi connectivity index (χ2n) is 8.13. The minimum atomic E-state index is -4.46. The molecule has 3 aromatic rings. The van der Waals surface area contributed by atoms with Crippen molar-refractivity contribution < 1.29 is 17.9 Å². The largest absolute Gasteiger partial charge is 0.482 e. The van der Waals surface area contributed by atoms with E-state index in [-0.39, 0.29) is 17.1 Å². The first-order chi connectivity index (χ1) is 15.3. The Bertz CT molecular complexity index is 1060. The molecule has 1 aliphatic rings. The number of alkyl halides is 3. The highest BCUT2D eigenvalue weighted by molar-refractivity contribution is 5.67. The van der Waals surface area contributed by atoms with Crippen LogP contribution in [0.3, 0.4) is 0 Å². The quantitative estimate of drug-likeness (QED) is 0.503. The standard InChI is InChI=1S/C25H26F3N3O/c1-17(21-6-2-3-7-22(21)25(26,27)28)32-23-14-20(15-30-24(23)29)19-10-8-18(9-11-19)16-31-12-4-5-13-31/h2-3,6-11,14-15,17H,4-5,12-13,16H2,1H3,(H2,29,30). The van der Waals surface area contributed by atoms with Gasteiger partial charge in [-0.05, 0) is 56.1 Å². The highest BCUT2D eigenvalue weighted by Crippen LogP contribution is 2.37. The van der Waals surface area contributed by atoms with Gasteiger partial charge < -0.3 is 10.5 Å². The van der Waals surface area contributed by atoms with Crippen LogP contribution >= 0.6 is 0 Å². The van der Waals surface area contributed by atoms with Crippen molar-refractivity contribution >= 4 is 5.82 Å². The number of rotatable bonds is 6. The normalized spacial score (nSPS) is 15.6. The maximum absolute atomic E-state index is 13.4. The van der Waals surface area contributed by atoms with Crippen LogP contribution in [0.1, 0.15) is 42.6 Å². The van der Waals surface area contributed by atoms with Crippen molar-refractivity contribution in [1.29, 1.82) is 0 Å². The van der Waals surface area contributed by atoms with Crippen LogP contribution in [0.2, 0.25) is 0 Å². The summed E-state index contributed by atoms with van der Waals surface area (Å²) < 4.78 is 46.0. The van der Waals surface area contributed by atoms with Gasteiger partial charge in [0, 0.05) is 23.9 Å². The molecule has 4 rings (SSSR count). The van der Waals surface area contributed by atoms with Crippen molar-refractivity contribution in [3.63, 3.8) is 0 Å². The van der Waals surface area contributed by atoms with E-state index in [1.54, 1.807) is 25.3 Å². The van der Waals surface area contributed by atoms with E-state index >= 15 is 0 Å². The second kappa shape index (κ2) is 9.20. The molecule has 1 atom stereocenters. The van der Waals surface area contributed by atoms with Crippen LogP contribution in [0.5, 0.6) is 5.75 Å². The van der Waals surface area contributed by atoms with Gasteiger partial charge in [0.05, 0.1) is 5.56 Å². The molecule has 0 spiro atoms. The number of aromatic nitrogens is 1. The number of nitrogens with two attached hydrogens (primary N) is 1.